The summed E-state index contributed by atoms with van der Waals surface area (Å²) in [5.41, 5.74) is 5.23. The van der Waals surface area contributed by atoms with Crippen LogP contribution in [-0.2, 0) is 9.84 Å². The molecule has 0 spiro atoms. The Morgan fingerprint density at radius 3 is 2.65 bits per heavy atom. The Morgan fingerprint density at radius 1 is 1.35 bits per heavy atom. The summed E-state index contributed by atoms with van der Waals surface area (Å²) in [5, 5.41) is -0.553. The molecule has 0 aliphatic carbocycles. The van der Waals surface area contributed by atoms with E-state index >= 15 is 0 Å². The molecule has 7 heteroatoms. The van der Waals surface area contributed by atoms with Gasteiger partial charge in [-0.3, -0.25) is 0 Å². The molecule has 17 heavy (non-hydrogen) atoms. The van der Waals surface area contributed by atoms with Crippen LogP contribution in [0, 0.1) is 5.82 Å². The van der Waals surface area contributed by atoms with E-state index in [9.17, 15) is 12.8 Å². The number of hydrogen-bond acceptors (Lipinski definition) is 5. The van der Waals surface area contributed by atoms with Crippen LogP contribution in [0.5, 0.6) is 5.75 Å². The monoisotopic (exact) mass is 256 g/mol. The van der Waals surface area contributed by atoms with Crippen LogP contribution >= 0.6 is 0 Å². The van der Waals surface area contributed by atoms with Gasteiger partial charge in [-0.15, -0.1) is 0 Å². The highest BCUT2D eigenvalue weighted by Gasteiger charge is 2.28. The molecule has 1 aromatic carbocycles. The predicted octanol–water partition coefficient (Wildman–Crippen LogP) is 0.789. The molecular formula is C10H9FN2O3S. The minimum Gasteiger partial charge on any atom is -0.483 e. The molecule has 0 fully saturated rings. The van der Waals surface area contributed by atoms with Gasteiger partial charge in [0.15, 0.2) is 21.6 Å². The molecule has 0 aromatic heterocycles. The van der Waals surface area contributed by atoms with Gasteiger partial charge >= 0.3 is 0 Å². The predicted molar refractivity (Wildman–Crippen MR) is 60.5 cm³/mol. The summed E-state index contributed by atoms with van der Waals surface area (Å²) < 4.78 is 41.2. The minimum atomic E-state index is -3.71. The second kappa shape index (κ2) is 4.17. The van der Waals surface area contributed by atoms with E-state index in [1.165, 1.54) is 18.2 Å². The molecule has 1 heterocycles. The van der Waals surface area contributed by atoms with Gasteiger partial charge in [-0.25, -0.2) is 17.8 Å². The number of nitrogens with two attached hydrogens (primary N) is 1. The van der Waals surface area contributed by atoms with Crippen LogP contribution in [0.2, 0.25) is 0 Å². The largest absolute Gasteiger partial charge is 0.483 e. The lowest BCUT2D eigenvalue weighted by Gasteiger charge is -2.06. The number of benzene rings is 1. The zero-order chi connectivity index (χ0) is 12.5. The van der Waals surface area contributed by atoms with Crippen LogP contribution in [0.3, 0.4) is 0 Å². The molecule has 1 aromatic rings. The summed E-state index contributed by atoms with van der Waals surface area (Å²) in [6.45, 7) is -0.347. The molecule has 90 valence electrons. The van der Waals surface area contributed by atoms with Crippen molar-refractivity contribution in [2.45, 2.75) is 0 Å². The SMILES string of the molecule is NC1=CN=C(COc2ccccc2F)S1(=O)=O. The van der Waals surface area contributed by atoms with E-state index in [0.717, 1.165) is 6.20 Å². The van der Waals surface area contributed by atoms with Crippen molar-refractivity contribution in [2.75, 3.05) is 6.61 Å². The summed E-state index contributed by atoms with van der Waals surface area (Å²) in [4.78, 5) is 3.61. The van der Waals surface area contributed by atoms with Crippen LogP contribution in [0.15, 0.2) is 40.5 Å². The smallest absolute Gasteiger partial charge is 0.239 e. The number of para-hydroxylation sites is 1. The molecule has 2 N–H and O–H groups in total. The van der Waals surface area contributed by atoms with Crippen molar-refractivity contribution in [3.63, 3.8) is 0 Å². The van der Waals surface area contributed by atoms with E-state index in [1.807, 2.05) is 0 Å². The molecule has 2 rings (SSSR count). The van der Waals surface area contributed by atoms with E-state index in [1.54, 1.807) is 6.07 Å². The topological polar surface area (TPSA) is 81.8 Å². The van der Waals surface area contributed by atoms with Crippen molar-refractivity contribution < 1.29 is 17.5 Å². The summed E-state index contributed by atoms with van der Waals surface area (Å²) >= 11 is 0. The molecule has 1 aliphatic heterocycles. The fraction of sp³-hybridized carbons (Fsp3) is 0.100. The number of rotatable bonds is 3. The number of halogens is 1. The van der Waals surface area contributed by atoms with Gasteiger partial charge in [-0.05, 0) is 12.1 Å². The van der Waals surface area contributed by atoms with Crippen LogP contribution in [-0.4, -0.2) is 20.1 Å². The van der Waals surface area contributed by atoms with Crippen LogP contribution in [0.4, 0.5) is 4.39 Å². The first-order valence-corrected chi connectivity index (χ1v) is 6.15. The lowest BCUT2D eigenvalue weighted by molar-refractivity contribution is 0.355. The lowest BCUT2D eigenvalue weighted by Crippen LogP contribution is -2.23. The second-order valence-electron chi connectivity index (χ2n) is 3.28. The van der Waals surface area contributed by atoms with E-state index in [2.05, 4.69) is 4.99 Å². The summed E-state index contributed by atoms with van der Waals surface area (Å²) in [6, 6.07) is 5.70. The van der Waals surface area contributed by atoms with Crippen molar-refractivity contribution in [3.8, 4) is 5.75 Å². The van der Waals surface area contributed by atoms with E-state index < -0.39 is 15.7 Å². The molecule has 0 amide bonds. The summed E-state index contributed by atoms with van der Waals surface area (Å²) in [6.07, 6.45) is 1.04. The van der Waals surface area contributed by atoms with Gasteiger partial charge in [-0.1, -0.05) is 12.1 Å². The van der Waals surface area contributed by atoms with Gasteiger partial charge in [0.05, 0.1) is 6.20 Å². The Labute approximate surface area is 97.3 Å². The number of nitrogens with zero attached hydrogens (tertiary/aromatic N) is 1. The highest BCUT2D eigenvalue weighted by Crippen LogP contribution is 2.17. The molecule has 5 nitrogen and oxygen atoms in total. The van der Waals surface area contributed by atoms with Crippen LogP contribution < -0.4 is 10.5 Å². The minimum absolute atomic E-state index is 0.0316. The zero-order valence-corrected chi connectivity index (χ0v) is 9.45. The van der Waals surface area contributed by atoms with E-state index in [4.69, 9.17) is 10.5 Å². The van der Waals surface area contributed by atoms with Crippen LogP contribution in [0.1, 0.15) is 0 Å². The van der Waals surface area contributed by atoms with E-state index in [-0.39, 0.29) is 22.4 Å². The molecule has 1 aliphatic rings. The standard InChI is InChI=1S/C10H9FN2O3S/c11-7-3-1-2-4-8(7)16-6-10-13-5-9(12)17(10,14)15/h1-5H,6,12H2. The highest BCUT2D eigenvalue weighted by molar-refractivity contribution is 8.10. The Kier molecular flexibility index (Phi) is 2.84. The van der Waals surface area contributed by atoms with Gasteiger partial charge < -0.3 is 10.5 Å². The fourth-order valence-electron chi connectivity index (χ4n) is 1.23. The van der Waals surface area contributed by atoms with Crippen molar-refractivity contribution in [1.82, 2.24) is 0 Å². The second-order valence-corrected chi connectivity index (χ2v) is 5.23. The molecule has 0 radical (unpaired) electrons. The number of hydrogen-bond donors (Lipinski definition) is 1. The third-order valence-electron chi connectivity index (χ3n) is 2.14. The summed E-state index contributed by atoms with van der Waals surface area (Å²) in [7, 11) is -3.71. The fourth-order valence-corrected chi connectivity index (χ4v) is 2.10. The molecule has 0 atom stereocenters. The quantitative estimate of drug-likeness (QED) is 0.866. The van der Waals surface area contributed by atoms with Crippen molar-refractivity contribution >= 4 is 14.9 Å². The number of aliphatic imine (C=N–C) groups is 1. The van der Waals surface area contributed by atoms with Gasteiger partial charge in [-0.2, -0.15) is 0 Å². The average molecular weight is 256 g/mol. The Morgan fingerprint density at radius 2 is 2.06 bits per heavy atom. The maximum atomic E-state index is 13.2. The Balaban J connectivity index is 2.10. The van der Waals surface area contributed by atoms with Gasteiger partial charge in [0.2, 0.25) is 9.84 Å². The Hall–Kier alpha value is -1.89. The average Bonchev–Trinajstić information content (AvgIpc) is 2.54. The number of sulfone groups is 1. The molecule has 0 bridgehead atoms. The first-order valence-electron chi connectivity index (χ1n) is 4.66. The van der Waals surface area contributed by atoms with Crippen molar-refractivity contribution in [3.05, 3.63) is 41.3 Å². The van der Waals surface area contributed by atoms with Crippen molar-refractivity contribution in [1.29, 1.82) is 0 Å². The Bertz CT molecular complexity index is 608. The van der Waals surface area contributed by atoms with Crippen LogP contribution in [0.25, 0.3) is 0 Å². The van der Waals surface area contributed by atoms with E-state index in [0.29, 0.717) is 0 Å². The molecule has 0 saturated carbocycles. The zero-order valence-electron chi connectivity index (χ0n) is 8.63. The third kappa shape index (κ3) is 2.14. The first-order chi connectivity index (χ1) is 8.01. The van der Waals surface area contributed by atoms with Gasteiger partial charge in [0.25, 0.3) is 0 Å². The maximum absolute atomic E-state index is 13.2. The van der Waals surface area contributed by atoms with Crippen molar-refractivity contribution in [2.24, 2.45) is 10.7 Å². The molecule has 0 unspecified atom stereocenters. The highest BCUT2D eigenvalue weighted by atomic mass is 32.2. The third-order valence-corrected chi connectivity index (χ3v) is 3.71. The molecule has 0 saturated heterocycles. The summed E-state index contributed by atoms with van der Waals surface area (Å²) in [5.74, 6) is -0.597. The normalized spacial score (nSPS) is 17.5. The maximum Gasteiger partial charge on any atom is 0.239 e. The van der Waals surface area contributed by atoms with Gasteiger partial charge in [0.1, 0.15) is 6.61 Å². The number of ether oxygens (including phenoxy) is 1. The first kappa shape index (κ1) is 11.6. The van der Waals surface area contributed by atoms with Gasteiger partial charge in [0, 0.05) is 0 Å². The molecular weight excluding hydrogens is 247 g/mol. The lowest BCUT2D eigenvalue weighted by atomic mass is 10.3.